The van der Waals surface area contributed by atoms with Crippen molar-refractivity contribution in [2.45, 2.75) is 25.7 Å². The Hall–Kier alpha value is -0.620. The summed E-state index contributed by atoms with van der Waals surface area (Å²) < 4.78 is 28.7. The molecule has 6 heteroatoms. The molecule has 19 heavy (non-hydrogen) atoms. The van der Waals surface area contributed by atoms with E-state index in [0.717, 1.165) is 18.7 Å². The summed E-state index contributed by atoms with van der Waals surface area (Å²) in [5.74, 6) is 0. The number of aryl methyl sites for hydroxylation is 1. The van der Waals surface area contributed by atoms with Crippen molar-refractivity contribution in [2.24, 2.45) is 0 Å². The maximum absolute atomic E-state index is 11.9. The standard InChI is InChI=1S/C13H21NO3S.ClH/c1-4-14(5-2)10-11-17-18(15,16)13-8-6-12(3)7-9-13;/h6-9H,4-5,10-11H2,1-3H3;1H. The van der Waals surface area contributed by atoms with Crippen LogP contribution >= 0.6 is 12.4 Å². The van der Waals surface area contributed by atoms with E-state index in [1.54, 1.807) is 24.3 Å². The second kappa shape index (κ2) is 8.53. The van der Waals surface area contributed by atoms with Crippen LogP contribution in [0.5, 0.6) is 0 Å². The summed E-state index contributed by atoms with van der Waals surface area (Å²) in [6.07, 6.45) is 0. The highest BCUT2D eigenvalue weighted by atomic mass is 35.5. The maximum atomic E-state index is 11.9. The van der Waals surface area contributed by atoms with Gasteiger partial charge < -0.3 is 4.90 Å². The molecule has 110 valence electrons. The van der Waals surface area contributed by atoms with Gasteiger partial charge >= 0.3 is 0 Å². The van der Waals surface area contributed by atoms with Crippen LogP contribution in [0.1, 0.15) is 19.4 Å². The average molecular weight is 308 g/mol. The van der Waals surface area contributed by atoms with Gasteiger partial charge in [-0.05, 0) is 32.1 Å². The average Bonchev–Trinajstić information content (AvgIpc) is 2.35. The van der Waals surface area contributed by atoms with Gasteiger partial charge in [0.05, 0.1) is 11.5 Å². The van der Waals surface area contributed by atoms with E-state index >= 15 is 0 Å². The lowest BCUT2D eigenvalue weighted by atomic mass is 10.2. The molecule has 1 aromatic rings. The van der Waals surface area contributed by atoms with Crippen molar-refractivity contribution in [1.29, 1.82) is 0 Å². The lowest BCUT2D eigenvalue weighted by Gasteiger charge is -2.17. The Kier molecular flexibility index (Phi) is 8.25. The van der Waals surface area contributed by atoms with Crippen LogP contribution in [0.3, 0.4) is 0 Å². The van der Waals surface area contributed by atoms with E-state index in [-0.39, 0.29) is 23.9 Å². The topological polar surface area (TPSA) is 46.6 Å². The summed E-state index contributed by atoms with van der Waals surface area (Å²) >= 11 is 0. The number of hydrogen-bond acceptors (Lipinski definition) is 4. The molecule has 0 amide bonds. The molecule has 0 unspecified atom stereocenters. The summed E-state index contributed by atoms with van der Waals surface area (Å²) in [5.41, 5.74) is 1.03. The third-order valence-electron chi connectivity index (χ3n) is 2.85. The van der Waals surface area contributed by atoms with Crippen LogP contribution in [0.15, 0.2) is 29.2 Å². The third kappa shape index (κ3) is 5.91. The van der Waals surface area contributed by atoms with Gasteiger partial charge in [0.15, 0.2) is 0 Å². The zero-order valence-electron chi connectivity index (χ0n) is 11.6. The molecule has 0 bridgehead atoms. The zero-order valence-corrected chi connectivity index (χ0v) is 13.3. The number of halogens is 1. The van der Waals surface area contributed by atoms with Crippen LogP contribution in [-0.4, -0.2) is 39.6 Å². The highest BCUT2D eigenvalue weighted by molar-refractivity contribution is 7.86. The minimum Gasteiger partial charge on any atom is -0.302 e. The molecule has 0 fully saturated rings. The van der Waals surface area contributed by atoms with Crippen LogP contribution in [-0.2, 0) is 14.3 Å². The van der Waals surface area contributed by atoms with Crippen LogP contribution in [0.2, 0.25) is 0 Å². The second-order valence-corrected chi connectivity index (χ2v) is 5.73. The number of benzene rings is 1. The minimum atomic E-state index is -3.62. The Morgan fingerprint density at radius 3 is 2.11 bits per heavy atom. The second-order valence-electron chi connectivity index (χ2n) is 4.12. The first kappa shape index (κ1) is 18.4. The highest BCUT2D eigenvalue weighted by Crippen LogP contribution is 2.12. The van der Waals surface area contributed by atoms with Gasteiger partial charge in [-0.25, -0.2) is 0 Å². The Balaban J connectivity index is 0.00000324. The van der Waals surface area contributed by atoms with Crippen molar-refractivity contribution in [1.82, 2.24) is 4.90 Å². The van der Waals surface area contributed by atoms with Gasteiger partial charge in [-0.3, -0.25) is 4.18 Å². The van der Waals surface area contributed by atoms with Crippen molar-refractivity contribution < 1.29 is 12.6 Å². The number of hydrogen-bond donors (Lipinski definition) is 0. The fourth-order valence-corrected chi connectivity index (χ4v) is 2.49. The van der Waals surface area contributed by atoms with E-state index in [4.69, 9.17) is 4.18 Å². The molecule has 0 spiro atoms. The van der Waals surface area contributed by atoms with Gasteiger partial charge in [0.1, 0.15) is 0 Å². The molecule has 0 heterocycles. The van der Waals surface area contributed by atoms with Gasteiger partial charge in [0.2, 0.25) is 0 Å². The molecule has 0 saturated carbocycles. The molecule has 4 nitrogen and oxygen atoms in total. The molecular formula is C13H22ClNO3S. The smallest absolute Gasteiger partial charge is 0.297 e. The van der Waals surface area contributed by atoms with E-state index in [0.29, 0.717) is 6.54 Å². The Morgan fingerprint density at radius 2 is 1.63 bits per heavy atom. The minimum absolute atomic E-state index is 0. The van der Waals surface area contributed by atoms with Crippen molar-refractivity contribution in [3.63, 3.8) is 0 Å². The molecule has 0 radical (unpaired) electrons. The lowest BCUT2D eigenvalue weighted by Crippen LogP contribution is -2.27. The first-order valence-corrected chi connectivity index (χ1v) is 7.59. The maximum Gasteiger partial charge on any atom is 0.297 e. The molecule has 1 rings (SSSR count). The van der Waals surface area contributed by atoms with Gasteiger partial charge in [-0.1, -0.05) is 31.5 Å². The van der Waals surface area contributed by atoms with Gasteiger partial charge in [-0.15, -0.1) is 12.4 Å². The quantitative estimate of drug-likeness (QED) is 0.726. The molecule has 1 aromatic carbocycles. The van der Waals surface area contributed by atoms with Gasteiger partial charge in [0, 0.05) is 6.54 Å². The Morgan fingerprint density at radius 1 is 1.11 bits per heavy atom. The van der Waals surface area contributed by atoms with E-state index < -0.39 is 10.1 Å². The van der Waals surface area contributed by atoms with Crippen molar-refractivity contribution >= 4 is 22.5 Å². The van der Waals surface area contributed by atoms with Crippen molar-refractivity contribution in [3.8, 4) is 0 Å². The van der Waals surface area contributed by atoms with E-state index in [2.05, 4.69) is 4.90 Å². The number of nitrogens with zero attached hydrogens (tertiary/aromatic N) is 1. The van der Waals surface area contributed by atoms with Crippen LogP contribution in [0.4, 0.5) is 0 Å². The monoisotopic (exact) mass is 307 g/mol. The van der Waals surface area contributed by atoms with Crippen LogP contribution < -0.4 is 0 Å². The summed E-state index contributed by atoms with van der Waals surface area (Å²) in [6, 6.07) is 6.67. The zero-order chi connectivity index (χ0) is 13.6. The molecular weight excluding hydrogens is 286 g/mol. The predicted molar refractivity (Wildman–Crippen MR) is 79.4 cm³/mol. The lowest BCUT2D eigenvalue weighted by molar-refractivity contribution is 0.226. The van der Waals surface area contributed by atoms with Crippen LogP contribution in [0, 0.1) is 6.92 Å². The normalized spacial score (nSPS) is 11.4. The predicted octanol–water partition coefficient (Wildman–Crippen LogP) is 2.46. The van der Waals surface area contributed by atoms with E-state index in [1.165, 1.54) is 0 Å². The first-order valence-electron chi connectivity index (χ1n) is 6.18. The fraction of sp³-hybridized carbons (Fsp3) is 0.538. The molecule has 0 aliphatic rings. The van der Waals surface area contributed by atoms with E-state index in [9.17, 15) is 8.42 Å². The number of likely N-dealkylation sites (N-methyl/N-ethyl adjacent to an activating group) is 1. The summed E-state index contributed by atoms with van der Waals surface area (Å²) in [6.45, 7) is 8.60. The van der Waals surface area contributed by atoms with Gasteiger partial charge in [0.25, 0.3) is 10.1 Å². The van der Waals surface area contributed by atoms with Crippen LogP contribution in [0.25, 0.3) is 0 Å². The summed E-state index contributed by atoms with van der Waals surface area (Å²) in [4.78, 5) is 2.33. The Labute approximate surface area is 122 Å². The molecule has 0 N–H and O–H groups in total. The largest absolute Gasteiger partial charge is 0.302 e. The summed E-state index contributed by atoms with van der Waals surface area (Å²) in [5, 5.41) is 0. The number of rotatable bonds is 7. The SMILES string of the molecule is CCN(CC)CCOS(=O)(=O)c1ccc(C)cc1.Cl. The highest BCUT2D eigenvalue weighted by Gasteiger charge is 2.14. The van der Waals surface area contributed by atoms with E-state index in [1.807, 2.05) is 20.8 Å². The van der Waals surface area contributed by atoms with Gasteiger partial charge in [-0.2, -0.15) is 8.42 Å². The van der Waals surface area contributed by atoms with Crippen molar-refractivity contribution in [3.05, 3.63) is 29.8 Å². The molecule has 0 aliphatic carbocycles. The third-order valence-corrected chi connectivity index (χ3v) is 4.18. The molecule has 0 aromatic heterocycles. The Bertz CT molecular complexity index is 455. The van der Waals surface area contributed by atoms with Crippen molar-refractivity contribution in [2.75, 3.05) is 26.2 Å². The molecule has 0 aliphatic heterocycles. The fourth-order valence-electron chi connectivity index (χ4n) is 1.59. The summed E-state index contributed by atoms with van der Waals surface area (Å²) in [7, 11) is -3.62. The molecule has 0 saturated heterocycles. The molecule has 0 atom stereocenters. The first-order chi connectivity index (χ1) is 8.49.